The highest BCUT2D eigenvalue weighted by molar-refractivity contribution is 7.55. The van der Waals surface area contributed by atoms with Gasteiger partial charge >= 0.3 is 13.6 Å². The third kappa shape index (κ3) is 5.41. The molecule has 0 heterocycles. The van der Waals surface area contributed by atoms with Crippen molar-refractivity contribution in [2.75, 3.05) is 25.0 Å². The molecule has 0 saturated carbocycles. The molecule has 0 aliphatic rings. The molecule has 0 aliphatic carbocycles. The number of hydrogen-bond donors (Lipinski definition) is 0. The summed E-state index contributed by atoms with van der Waals surface area (Å²) in [5, 5.41) is 0. The number of carbonyl (C=O) groups excluding carboxylic acids is 1. The molecule has 1 unspecified atom stereocenters. The zero-order chi connectivity index (χ0) is 14.2. The molecule has 0 aromatic rings. The molecule has 0 radical (unpaired) electrons. The number of hydrogen-bond acceptors (Lipinski definition) is 5. The number of rotatable bonds is 9. The second-order valence-corrected chi connectivity index (χ2v) is 5.75. The van der Waals surface area contributed by atoms with E-state index in [2.05, 4.69) is 4.74 Å². The van der Waals surface area contributed by atoms with Crippen molar-refractivity contribution < 1.29 is 27.5 Å². The van der Waals surface area contributed by atoms with Crippen LogP contribution in [-0.2, 0) is 23.1 Å². The van der Waals surface area contributed by atoms with Gasteiger partial charge in [0.2, 0.25) is 0 Å². The van der Waals surface area contributed by atoms with E-state index in [4.69, 9.17) is 32.2 Å². The summed E-state index contributed by atoms with van der Waals surface area (Å²) >= 11 is 10.9. The van der Waals surface area contributed by atoms with E-state index in [-0.39, 0.29) is 25.0 Å². The molecule has 0 bridgehead atoms. The Kier molecular flexibility index (Phi) is 9.17. The van der Waals surface area contributed by atoms with Crippen LogP contribution in [0.15, 0.2) is 0 Å². The van der Waals surface area contributed by atoms with Gasteiger partial charge in [0.05, 0.1) is 25.0 Å². The molecule has 0 fully saturated rings. The number of esters is 1. The van der Waals surface area contributed by atoms with Gasteiger partial charge in [0, 0.05) is 0 Å². The van der Waals surface area contributed by atoms with Gasteiger partial charge in [-0.25, -0.2) is 9.18 Å². The first kappa shape index (κ1) is 18.1. The highest BCUT2D eigenvalue weighted by atomic mass is 35.5. The average Bonchev–Trinajstić information content (AvgIpc) is 2.35. The topological polar surface area (TPSA) is 61.8 Å². The Balaban J connectivity index is 4.71. The van der Waals surface area contributed by atoms with E-state index < -0.39 is 25.6 Å². The molecule has 9 heteroatoms. The maximum absolute atomic E-state index is 13.8. The Morgan fingerprint density at radius 2 is 1.67 bits per heavy atom. The molecule has 0 aromatic heterocycles. The molecular weight excluding hydrogens is 309 g/mol. The number of halogens is 3. The molecule has 0 aliphatic heterocycles. The summed E-state index contributed by atoms with van der Waals surface area (Å²) in [6, 6.07) is 0. The van der Waals surface area contributed by atoms with Crippen LogP contribution in [0.2, 0.25) is 0 Å². The fraction of sp³-hybridized carbons (Fsp3) is 0.889. The van der Waals surface area contributed by atoms with Crippen LogP contribution in [0.5, 0.6) is 0 Å². The summed E-state index contributed by atoms with van der Waals surface area (Å²) in [6.07, 6.45) is -0.851. The van der Waals surface area contributed by atoms with Gasteiger partial charge in [0.25, 0.3) is 5.91 Å². The standard InChI is InChI=1S/C9H16Cl2FO5P/c1-3-15-18(14,16-4-2)8(12)9(13)17-7(5-10)6-11/h7-8H,3-6H2,1-2H3. The lowest BCUT2D eigenvalue weighted by Gasteiger charge is -2.21. The predicted octanol–water partition coefficient (Wildman–Crippen LogP) is 2.94. The van der Waals surface area contributed by atoms with E-state index in [1.807, 2.05) is 0 Å². The van der Waals surface area contributed by atoms with E-state index in [0.29, 0.717) is 0 Å². The zero-order valence-corrected chi connectivity index (χ0v) is 12.5. The van der Waals surface area contributed by atoms with Crippen molar-refractivity contribution in [1.82, 2.24) is 0 Å². The lowest BCUT2D eigenvalue weighted by atomic mass is 10.5. The van der Waals surface area contributed by atoms with Crippen LogP contribution in [0.25, 0.3) is 0 Å². The Morgan fingerprint density at radius 1 is 1.22 bits per heavy atom. The van der Waals surface area contributed by atoms with Gasteiger partial charge in [-0.1, -0.05) is 0 Å². The molecule has 0 saturated heterocycles. The van der Waals surface area contributed by atoms with Gasteiger partial charge in [-0.2, -0.15) is 0 Å². The van der Waals surface area contributed by atoms with Crippen LogP contribution in [0, 0.1) is 0 Å². The van der Waals surface area contributed by atoms with Gasteiger partial charge in [0.15, 0.2) is 0 Å². The normalized spacial score (nSPS) is 13.7. The van der Waals surface area contributed by atoms with E-state index >= 15 is 0 Å². The summed E-state index contributed by atoms with van der Waals surface area (Å²) in [4.78, 5) is 11.4. The summed E-state index contributed by atoms with van der Waals surface area (Å²) in [7, 11) is -4.17. The molecule has 0 N–H and O–H groups in total. The van der Waals surface area contributed by atoms with Gasteiger partial charge < -0.3 is 13.8 Å². The molecule has 0 amide bonds. The molecular formula is C9H16Cl2FO5P. The minimum atomic E-state index is -4.17. The summed E-state index contributed by atoms with van der Waals surface area (Å²) in [6.45, 7) is 2.90. The molecule has 0 aromatic carbocycles. The molecule has 0 spiro atoms. The predicted molar refractivity (Wildman–Crippen MR) is 67.1 cm³/mol. The maximum atomic E-state index is 13.8. The van der Waals surface area contributed by atoms with E-state index in [1.165, 1.54) is 13.8 Å². The third-order valence-electron chi connectivity index (χ3n) is 1.72. The van der Waals surface area contributed by atoms with Crippen molar-refractivity contribution >= 4 is 36.8 Å². The minimum absolute atomic E-state index is 0.0561. The van der Waals surface area contributed by atoms with Gasteiger partial charge in [-0.05, 0) is 13.8 Å². The third-order valence-corrected chi connectivity index (χ3v) is 4.41. The number of ether oxygens (including phenoxy) is 1. The van der Waals surface area contributed by atoms with Crippen molar-refractivity contribution in [3.63, 3.8) is 0 Å². The first-order valence-electron chi connectivity index (χ1n) is 5.30. The molecule has 1 atom stereocenters. The number of alkyl halides is 3. The highest BCUT2D eigenvalue weighted by Gasteiger charge is 2.43. The SMILES string of the molecule is CCOP(=O)(OCC)C(F)C(=O)OC(CCl)CCl. The second kappa shape index (κ2) is 9.10. The minimum Gasteiger partial charge on any atom is -0.457 e. The highest BCUT2D eigenvalue weighted by Crippen LogP contribution is 2.54. The molecule has 0 rings (SSSR count). The van der Waals surface area contributed by atoms with Crippen LogP contribution < -0.4 is 0 Å². The van der Waals surface area contributed by atoms with Crippen LogP contribution in [0.1, 0.15) is 13.8 Å². The smallest absolute Gasteiger partial charge is 0.376 e. The summed E-state index contributed by atoms with van der Waals surface area (Å²) < 4.78 is 39.7. The summed E-state index contributed by atoms with van der Waals surface area (Å²) in [5.41, 5.74) is 0. The zero-order valence-electron chi connectivity index (χ0n) is 10.1. The van der Waals surface area contributed by atoms with Crippen LogP contribution in [0.3, 0.4) is 0 Å². The van der Waals surface area contributed by atoms with Gasteiger partial charge in [0.1, 0.15) is 6.10 Å². The summed E-state index contributed by atoms with van der Waals surface area (Å²) in [5.74, 6) is -4.04. The van der Waals surface area contributed by atoms with Crippen molar-refractivity contribution in [1.29, 1.82) is 0 Å². The average molecular weight is 325 g/mol. The first-order chi connectivity index (χ1) is 8.45. The lowest BCUT2D eigenvalue weighted by molar-refractivity contribution is -0.150. The molecule has 108 valence electrons. The fourth-order valence-corrected chi connectivity index (χ4v) is 2.81. The Labute approximate surface area is 115 Å². The van der Waals surface area contributed by atoms with Crippen LogP contribution in [0.4, 0.5) is 4.39 Å². The molecule has 18 heavy (non-hydrogen) atoms. The van der Waals surface area contributed by atoms with Gasteiger partial charge in [-0.3, -0.25) is 4.57 Å². The quantitative estimate of drug-likeness (QED) is 0.370. The lowest BCUT2D eigenvalue weighted by Crippen LogP contribution is -2.28. The monoisotopic (exact) mass is 324 g/mol. The van der Waals surface area contributed by atoms with Crippen molar-refractivity contribution in [2.45, 2.75) is 25.9 Å². The molecule has 5 nitrogen and oxygen atoms in total. The largest absolute Gasteiger partial charge is 0.457 e. The van der Waals surface area contributed by atoms with E-state index in [9.17, 15) is 13.8 Å². The van der Waals surface area contributed by atoms with Crippen molar-refractivity contribution in [3.8, 4) is 0 Å². The Bertz CT molecular complexity index is 291. The van der Waals surface area contributed by atoms with Crippen LogP contribution in [-0.4, -0.2) is 43.0 Å². The number of carbonyl (C=O) groups is 1. The second-order valence-electron chi connectivity index (χ2n) is 3.08. The van der Waals surface area contributed by atoms with Crippen molar-refractivity contribution in [2.24, 2.45) is 0 Å². The van der Waals surface area contributed by atoms with Gasteiger partial charge in [-0.15, -0.1) is 23.2 Å². The Morgan fingerprint density at radius 3 is 2.00 bits per heavy atom. The first-order valence-corrected chi connectivity index (χ1v) is 7.98. The maximum Gasteiger partial charge on any atom is 0.376 e. The Hall–Kier alpha value is 0.130. The van der Waals surface area contributed by atoms with Crippen molar-refractivity contribution in [3.05, 3.63) is 0 Å². The fourth-order valence-electron chi connectivity index (χ4n) is 0.982. The van der Waals surface area contributed by atoms with Crippen LogP contribution >= 0.6 is 30.8 Å². The van der Waals surface area contributed by atoms with E-state index in [0.717, 1.165) is 0 Å². The van der Waals surface area contributed by atoms with E-state index in [1.54, 1.807) is 0 Å².